The van der Waals surface area contributed by atoms with Crippen molar-refractivity contribution in [2.75, 3.05) is 12.3 Å². The smallest absolute Gasteiger partial charge is 0.190 e. The molecule has 0 radical (unpaired) electrons. The molecule has 6 nitrogen and oxygen atoms in total. The maximum absolute atomic E-state index is 5.52. The lowest BCUT2D eigenvalue weighted by Crippen LogP contribution is -2.08. The van der Waals surface area contributed by atoms with Gasteiger partial charge in [0.2, 0.25) is 0 Å². The number of rotatable bonds is 7. The van der Waals surface area contributed by atoms with Crippen LogP contribution >= 0.6 is 24.2 Å². The molecule has 2 aromatic rings. The number of aryl methyl sites for hydroxylation is 1. The zero-order chi connectivity index (χ0) is 12.8. The molecule has 0 saturated heterocycles. The van der Waals surface area contributed by atoms with E-state index in [0.29, 0.717) is 6.54 Å². The fraction of sp³-hybridized carbons (Fsp3) is 0.545. The molecule has 2 aromatic heterocycles. The van der Waals surface area contributed by atoms with Crippen molar-refractivity contribution in [3.63, 3.8) is 0 Å². The van der Waals surface area contributed by atoms with Crippen molar-refractivity contribution in [3.8, 4) is 0 Å². The van der Waals surface area contributed by atoms with Gasteiger partial charge >= 0.3 is 0 Å². The molecule has 0 spiro atoms. The Balaban J connectivity index is 0.00000180. The summed E-state index contributed by atoms with van der Waals surface area (Å²) in [6.45, 7) is 1.55. The standard InChI is InChI=1S/C11H18N6S.ClH/c1-16-10(4-5-12)14-15-11(16)18-9-3-8-17-7-2-6-13-17;/h2,6-7H,3-5,8-9,12H2,1H3;1H. The largest absolute Gasteiger partial charge is 0.330 e. The lowest BCUT2D eigenvalue weighted by Gasteiger charge is -2.03. The Morgan fingerprint density at radius 1 is 1.37 bits per heavy atom. The van der Waals surface area contributed by atoms with Crippen molar-refractivity contribution < 1.29 is 0 Å². The molecule has 0 saturated carbocycles. The molecule has 2 rings (SSSR count). The van der Waals surface area contributed by atoms with E-state index < -0.39 is 0 Å². The van der Waals surface area contributed by atoms with Crippen LogP contribution in [0.4, 0.5) is 0 Å². The third-order valence-electron chi connectivity index (χ3n) is 2.61. The highest BCUT2D eigenvalue weighted by Crippen LogP contribution is 2.16. The van der Waals surface area contributed by atoms with Crippen LogP contribution < -0.4 is 5.73 Å². The lowest BCUT2D eigenvalue weighted by molar-refractivity contribution is 0.605. The zero-order valence-electron chi connectivity index (χ0n) is 10.9. The van der Waals surface area contributed by atoms with Gasteiger partial charge < -0.3 is 10.3 Å². The molecule has 0 aromatic carbocycles. The number of nitrogens with two attached hydrogens (primary N) is 1. The Morgan fingerprint density at radius 2 is 2.21 bits per heavy atom. The molecule has 0 aliphatic rings. The molecule has 0 aliphatic heterocycles. The van der Waals surface area contributed by atoms with Gasteiger partial charge in [0.05, 0.1) is 0 Å². The fourth-order valence-corrected chi connectivity index (χ4v) is 2.49. The number of halogens is 1. The van der Waals surface area contributed by atoms with Gasteiger partial charge in [-0.25, -0.2) is 0 Å². The van der Waals surface area contributed by atoms with Crippen molar-refractivity contribution in [1.29, 1.82) is 0 Å². The van der Waals surface area contributed by atoms with Gasteiger partial charge in [0.25, 0.3) is 0 Å². The summed E-state index contributed by atoms with van der Waals surface area (Å²) in [5.41, 5.74) is 5.52. The molecule has 0 bridgehead atoms. The van der Waals surface area contributed by atoms with Crippen LogP contribution in [0.2, 0.25) is 0 Å². The minimum atomic E-state index is 0. The van der Waals surface area contributed by atoms with Crippen molar-refractivity contribution in [2.24, 2.45) is 12.8 Å². The highest BCUT2D eigenvalue weighted by molar-refractivity contribution is 7.99. The molecule has 2 N–H and O–H groups in total. The van der Waals surface area contributed by atoms with E-state index in [4.69, 9.17) is 5.73 Å². The number of hydrogen-bond acceptors (Lipinski definition) is 5. The Bertz CT molecular complexity index is 469. The molecular weight excluding hydrogens is 284 g/mol. The Labute approximate surface area is 123 Å². The third-order valence-corrected chi connectivity index (χ3v) is 3.72. The van der Waals surface area contributed by atoms with Crippen LogP contribution in [0.5, 0.6) is 0 Å². The van der Waals surface area contributed by atoms with Crippen LogP contribution in [-0.2, 0) is 20.0 Å². The quantitative estimate of drug-likeness (QED) is 0.613. The number of thioether (sulfide) groups is 1. The molecule has 0 fully saturated rings. The van der Waals surface area contributed by atoms with E-state index in [1.54, 1.807) is 18.0 Å². The van der Waals surface area contributed by atoms with Crippen LogP contribution in [0.3, 0.4) is 0 Å². The fourth-order valence-electron chi connectivity index (χ4n) is 1.64. The van der Waals surface area contributed by atoms with Crippen LogP contribution in [0.1, 0.15) is 12.2 Å². The summed E-state index contributed by atoms with van der Waals surface area (Å²) in [7, 11) is 1.99. The number of nitrogens with zero attached hydrogens (tertiary/aromatic N) is 5. The van der Waals surface area contributed by atoms with Crippen molar-refractivity contribution in [1.82, 2.24) is 24.5 Å². The number of hydrogen-bond donors (Lipinski definition) is 1. The van der Waals surface area contributed by atoms with E-state index in [1.165, 1.54) is 0 Å². The van der Waals surface area contributed by atoms with Gasteiger partial charge in [0.15, 0.2) is 5.16 Å². The van der Waals surface area contributed by atoms with Gasteiger partial charge in [0.1, 0.15) is 5.82 Å². The second-order valence-corrected chi connectivity index (χ2v) is 5.03. The van der Waals surface area contributed by atoms with E-state index in [1.807, 2.05) is 28.6 Å². The van der Waals surface area contributed by atoms with Gasteiger partial charge in [0, 0.05) is 38.2 Å². The summed E-state index contributed by atoms with van der Waals surface area (Å²) < 4.78 is 3.96. The monoisotopic (exact) mass is 302 g/mol. The summed E-state index contributed by atoms with van der Waals surface area (Å²) in [5, 5.41) is 13.4. The van der Waals surface area contributed by atoms with Crippen molar-refractivity contribution in [2.45, 2.75) is 24.5 Å². The van der Waals surface area contributed by atoms with Crippen molar-refractivity contribution in [3.05, 3.63) is 24.3 Å². The summed E-state index contributed by atoms with van der Waals surface area (Å²) in [6, 6.07) is 1.94. The lowest BCUT2D eigenvalue weighted by atomic mass is 10.4. The Hall–Kier alpha value is -1.05. The second kappa shape index (κ2) is 8.19. The van der Waals surface area contributed by atoms with Gasteiger partial charge in [-0.05, 0) is 19.0 Å². The summed E-state index contributed by atoms with van der Waals surface area (Å²) in [5.74, 6) is 1.96. The van der Waals surface area contributed by atoms with E-state index in [0.717, 1.165) is 36.1 Å². The Morgan fingerprint density at radius 3 is 2.89 bits per heavy atom. The van der Waals surface area contributed by atoms with Crippen LogP contribution in [-0.4, -0.2) is 36.8 Å². The van der Waals surface area contributed by atoms with Gasteiger partial charge in [-0.15, -0.1) is 22.6 Å². The SMILES string of the molecule is Cl.Cn1c(CCN)nnc1SCCCn1cccn1. The van der Waals surface area contributed by atoms with E-state index in [-0.39, 0.29) is 12.4 Å². The molecule has 19 heavy (non-hydrogen) atoms. The first kappa shape index (κ1) is 16.0. The molecule has 0 aliphatic carbocycles. The van der Waals surface area contributed by atoms with E-state index in [9.17, 15) is 0 Å². The maximum atomic E-state index is 5.52. The van der Waals surface area contributed by atoms with E-state index in [2.05, 4.69) is 15.3 Å². The molecule has 0 unspecified atom stereocenters. The second-order valence-electron chi connectivity index (χ2n) is 3.97. The van der Waals surface area contributed by atoms with Gasteiger partial charge in [-0.2, -0.15) is 5.10 Å². The first-order chi connectivity index (χ1) is 8.81. The summed E-state index contributed by atoms with van der Waals surface area (Å²) in [4.78, 5) is 0. The predicted molar refractivity (Wildman–Crippen MR) is 78.6 cm³/mol. The number of aromatic nitrogens is 5. The molecule has 8 heteroatoms. The van der Waals surface area contributed by atoms with Gasteiger partial charge in [-0.3, -0.25) is 4.68 Å². The minimum absolute atomic E-state index is 0. The summed E-state index contributed by atoms with van der Waals surface area (Å²) >= 11 is 1.72. The van der Waals surface area contributed by atoms with Crippen molar-refractivity contribution >= 4 is 24.2 Å². The normalized spacial score (nSPS) is 10.4. The Kier molecular flexibility index (Phi) is 6.90. The summed E-state index contributed by atoms with van der Waals surface area (Å²) in [6.07, 6.45) is 5.62. The average molecular weight is 303 g/mol. The van der Waals surface area contributed by atoms with Crippen LogP contribution in [0, 0.1) is 0 Å². The molecular formula is C11H19ClN6S. The topological polar surface area (TPSA) is 74.6 Å². The highest BCUT2D eigenvalue weighted by atomic mass is 35.5. The molecule has 106 valence electrons. The molecule has 0 atom stereocenters. The van der Waals surface area contributed by atoms with Crippen LogP contribution in [0.25, 0.3) is 0 Å². The third kappa shape index (κ3) is 4.52. The first-order valence-electron chi connectivity index (χ1n) is 6.00. The minimum Gasteiger partial charge on any atom is -0.330 e. The highest BCUT2D eigenvalue weighted by Gasteiger charge is 2.07. The molecule has 0 amide bonds. The molecule has 2 heterocycles. The average Bonchev–Trinajstić information content (AvgIpc) is 2.98. The zero-order valence-corrected chi connectivity index (χ0v) is 12.5. The first-order valence-corrected chi connectivity index (χ1v) is 6.98. The van der Waals surface area contributed by atoms with Crippen LogP contribution in [0.15, 0.2) is 23.6 Å². The van der Waals surface area contributed by atoms with E-state index >= 15 is 0 Å². The van der Waals surface area contributed by atoms with Gasteiger partial charge in [-0.1, -0.05) is 11.8 Å². The predicted octanol–water partition coefficient (Wildman–Crippen LogP) is 1.12. The maximum Gasteiger partial charge on any atom is 0.190 e.